The third-order valence-electron chi connectivity index (χ3n) is 3.77. The van der Waals surface area contributed by atoms with E-state index < -0.39 is 12.1 Å². The van der Waals surface area contributed by atoms with Crippen molar-refractivity contribution in [1.82, 2.24) is 9.94 Å². The number of methoxy groups -OCH3 is 1. The number of hydrogen-bond donors (Lipinski definition) is 1. The first kappa shape index (κ1) is 18.3. The van der Waals surface area contributed by atoms with Crippen LogP contribution in [-0.2, 0) is 4.79 Å². The Bertz CT molecular complexity index is 862. The van der Waals surface area contributed by atoms with Gasteiger partial charge in [-0.3, -0.25) is 0 Å². The zero-order valence-corrected chi connectivity index (χ0v) is 15.2. The lowest BCUT2D eigenvalue weighted by molar-refractivity contribution is -0.154. The zero-order valence-electron chi connectivity index (χ0n) is 15.2. The first-order chi connectivity index (χ1) is 13.2. The van der Waals surface area contributed by atoms with Crippen molar-refractivity contribution in [3.8, 4) is 11.5 Å². The summed E-state index contributed by atoms with van der Waals surface area (Å²) in [5, 5.41) is 7.31. The monoisotopic (exact) mass is 367 g/mol. The molecule has 1 atom stereocenters. The molecular formula is C20H21N3O4. The van der Waals surface area contributed by atoms with E-state index in [-0.39, 0.29) is 0 Å². The van der Waals surface area contributed by atoms with Gasteiger partial charge in [0.15, 0.2) is 11.9 Å². The van der Waals surface area contributed by atoms with E-state index >= 15 is 0 Å². The molecule has 0 radical (unpaired) electrons. The number of aromatic nitrogens is 2. The van der Waals surface area contributed by atoms with Gasteiger partial charge < -0.3 is 19.6 Å². The minimum atomic E-state index is -0.713. The highest BCUT2D eigenvalue weighted by molar-refractivity contribution is 5.75. The lowest BCUT2D eigenvalue weighted by Gasteiger charge is -2.15. The van der Waals surface area contributed by atoms with E-state index in [1.165, 1.54) is 0 Å². The molecule has 0 saturated heterocycles. The molecular weight excluding hydrogens is 346 g/mol. The second-order valence-corrected chi connectivity index (χ2v) is 5.70. The first-order valence-electron chi connectivity index (χ1n) is 8.58. The van der Waals surface area contributed by atoms with Gasteiger partial charge in [0.1, 0.15) is 11.5 Å². The number of rotatable bonds is 8. The fraction of sp³-hybridized carbons (Fsp3) is 0.200. The molecule has 2 aromatic carbocycles. The second-order valence-electron chi connectivity index (χ2n) is 5.70. The van der Waals surface area contributed by atoms with Gasteiger partial charge in [0, 0.05) is 11.8 Å². The molecule has 1 heterocycles. The van der Waals surface area contributed by atoms with Crippen LogP contribution in [0.4, 0.5) is 11.5 Å². The third-order valence-corrected chi connectivity index (χ3v) is 3.77. The molecule has 3 aromatic rings. The van der Waals surface area contributed by atoms with E-state index in [4.69, 9.17) is 14.3 Å². The van der Waals surface area contributed by atoms with Gasteiger partial charge in [-0.25, -0.2) is 4.79 Å². The fourth-order valence-corrected chi connectivity index (χ4v) is 2.36. The third kappa shape index (κ3) is 5.01. The van der Waals surface area contributed by atoms with E-state index in [1.807, 2.05) is 49.4 Å². The number of ether oxygens (including phenoxy) is 2. The van der Waals surface area contributed by atoms with E-state index in [0.717, 1.165) is 16.3 Å². The molecule has 7 heteroatoms. The molecule has 27 heavy (non-hydrogen) atoms. The summed E-state index contributed by atoms with van der Waals surface area (Å²) in [6.45, 7) is 1.86. The van der Waals surface area contributed by atoms with Gasteiger partial charge in [0.2, 0.25) is 0 Å². The summed E-state index contributed by atoms with van der Waals surface area (Å²) in [7, 11) is 1.61. The van der Waals surface area contributed by atoms with Gasteiger partial charge in [-0.05, 0) is 42.8 Å². The largest absolute Gasteiger partial charge is 0.497 e. The average Bonchev–Trinajstić information content (AvgIpc) is 3.14. The van der Waals surface area contributed by atoms with Crippen LogP contribution in [0.5, 0.6) is 11.5 Å². The van der Waals surface area contributed by atoms with Crippen molar-refractivity contribution < 1.29 is 19.1 Å². The number of nitrogens with zero attached hydrogens (tertiary/aromatic N) is 2. The van der Waals surface area contributed by atoms with E-state index in [1.54, 1.807) is 31.5 Å². The van der Waals surface area contributed by atoms with Gasteiger partial charge in [0.25, 0.3) is 0 Å². The van der Waals surface area contributed by atoms with Gasteiger partial charge in [-0.1, -0.05) is 30.0 Å². The predicted octanol–water partition coefficient (Wildman–Crippen LogP) is 3.45. The number of carbonyl (C=O) groups is 1. The molecule has 7 nitrogen and oxygen atoms in total. The molecule has 0 spiro atoms. The summed E-state index contributed by atoms with van der Waals surface area (Å²) in [6.07, 6.45) is 1.32. The maximum Gasteiger partial charge on any atom is 0.374 e. The van der Waals surface area contributed by atoms with Crippen molar-refractivity contribution in [2.75, 3.05) is 12.4 Å². The van der Waals surface area contributed by atoms with Crippen LogP contribution in [-0.4, -0.2) is 29.1 Å². The van der Waals surface area contributed by atoms with Crippen LogP contribution >= 0.6 is 0 Å². The summed E-state index contributed by atoms with van der Waals surface area (Å²) in [4.78, 5) is 18.7. The molecule has 0 aliphatic heterocycles. The summed E-state index contributed by atoms with van der Waals surface area (Å²) in [5.74, 6) is 1.41. The summed E-state index contributed by atoms with van der Waals surface area (Å²) < 4.78 is 10.8. The van der Waals surface area contributed by atoms with Gasteiger partial charge in [-0.15, -0.1) is 5.10 Å². The van der Waals surface area contributed by atoms with E-state index in [0.29, 0.717) is 18.0 Å². The van der Waals surface area contributed by atoms with E-state index in [9.17, 15) is 4.79 Å². The van der Waals surface area contributed by atoms with Crippen molar-refractivity contribution in [2.45, 2.75) is 19.4 Å². The fourth-order valence-electron chi connectivity index (χ4n) is 2.36. The Morgan fingerprint density at radius 3 is 2.48 bits per heavy atom. The molecule has 1 N–H and O–H groups in total. The summed E-state index contributed by atoms with van der Waals surface area (Å²) in [5.41, 5.74) is 0.839. The minimum Gasteiger partial charge on any atom is -0.497 e. The lowest BCUT2D eigenvalue weighted by atomic mass is 10.2. The molecule has 1 unspecified atom stereocenters. The number of hydrogen-bond acceptors (Lipinski definition) is 6. The van der Waals surface area contributed by atoms with Gasteiger partial charge >= 0.3 is 5.97 Å². The molecule has 0 fully saturated rings. The average molecular weight is 367 g/mol. The molecule has 3 rings (SSSR count). The summed E-state index contributed by atoms with van der Waals surface area (Å²) in [6, 6.07) is 18.3. The Kier molecular flexibility index (Phi) is 5.94. The molecule has 140 valence electrons. The van der Waals surface area contributed by atoms with Crippen LogP contribution in [0.25, 0.3) is 0 Å². The normalized spacial score (nSPS) is 11.5. The highest BCUT2D eigenvalue weighted by Crippen LogP contribution is 2.18. The van der Waals surface area contributed by atoms with Crippen LogP contribution in [0.3, 0.4) is 0 Å². The Hall–Kier alpha value is -3.48. The summed E-state index contributed by atoms with van der Waals surface area (Å²) >= 11 is 0. The maximum atomic E-state index is 12.3. The number of anilines is 2. The van der Waals surface area contributed by atoms with Crippen LogP contribution < -0.4 is 19.6 Å². The topological polar surface area (TPSA) is 74.6 Å². The number of benzene rings is 2. The van der Waals surface area contributed by atoms with Crippen LogP contribution in [0.1, 0.15) is 13.3 Å². The maximum absolute atomic E-state index is 12.3. The van der Waals surface area contributed by atoms with Crippen LogP contribution in [0, 0.1) is 0 Å². The number of para-hydroxylation sites is 1. The van der Waals surface area contributed by atoms with Crippen molar-refractivity contribution in [3.05, 3.63) is 66.9 Å². The highest BCUT2D eigenvalue weighted by atomic mass is 16.7. The Morgan fingerprint density at radius 1 is 1.07 bits per heavy atom. The smallest absolute Gasteiger partial charge is 0.374 e. The van der Waals surface area contributed by atoms with Crippen LogP contribution in [0.15, 0.2) is 66.9 Å². The minimum absolute atomic E-state index is 0.478. The predicted molar refractivity (Wildman–Crippen MR) is 101 cm³/mol. The molecule has 0 aliphatic rings. The van der Waals surface area contributed by atoms with Crippen molar-refractivity contribution in [2.24, 2.45) is 0 Å². The second kappa shape index (κ2) is 8.75. The molecule has 0 aliphatic carbocycles. The highest BCUT2D eigenvalue weighted by Gasteiger charge is 2.21. The van der Waals surface area contributed by atoms with Gasteiger partial charge in [0.05, 0.1) is 13.3 Å². The molecule has 1 aromatic heterocycles. The standard InChI is InChI=1S/C20H21N3O4/c1-3-18(26-17-7-5-4-6-8-17)20(24)27-23-14-13-19(22-23)21-15-9-11-16(25-2)12-10-15/h4-14,18H,3H2,1-2H3,(H,21,22). The quantitative estimate of drug-likeness (QED) is 0.657. The van der Waals surface area contributed by atoms with Gasteiger partial charge in [-0.2, -0.15) is 0 Å². The number of carbonyl (C=O) groups excluding carboxylic acids is 1. The van der Waals surface area contributed by atoms with Crippen molar-refractivity contribution in [3.63, 3.8) is 0 Å². The van der Waals surface area contributed by atoms with Crippen molar-refractivity contribution >= 4 is 17.5 Å². The zero-order chi connectivity index (χ0) is 19.1. The van der Waals surface area contributed by atoms with Crippen molar-refractivity contribution in [1.29, 1.82) is 0 Å². The Morgan fingerprint density at radius 2 is 1.81 bits per heavy atom. The lowest BCUT2D eigenvalue weighted by Crippen LogP contribution is -2.35. The molecule has 0 amide bonds. The Balaban J connectivity index is 1.59. The SMILES string of the molecule is CCC(Oc1ccccc1)C(=O)On1ccc(Nc2ccc(OC)cc2)n1. The molecule has 0 bridgehead atoms. The van der Waals surface area contributed by atoms with E-state index in [2.05, 4.69) is 10.4 Å². The molecule has 0 saturated carbocycles. The Labute approximate surface area is 157 Å². The van der Waals surface area contributed by atoms with Crippen LogP contribution in [0.2, 0.25) is 0 Å². The number of nitrogens with one attached hydrogen (secondary N) is 1. The first-order valence-corrected chi connectivity index (χ1v) is 8.58.